The first-order chi connectivity index (χ1) is 8.60. The molecule has 0 spiro atoms. The molecule has 0 unspecified atom stereocenters. The number of hydrogen-bond donors (Lipinski definition) is 1. The Morgan fingerprint density at radius 3 is 2.32 bits per heavy atom. The van der Waals surface area contributed by atoms with Crippen LogP contribution in [0.25, 0.3) is 0 Å². The molecule has 0 aliphatic carbocycles. The molecule has 0 saturated heterocycles. The first-order valence-corrected chi connectivity index (χ1v) is 10.00. The van der Waals surface area contributed by atoms with E-state index in [2.05, 4.69) is 46.5 Å². The van der Waals surface area contributed by atoms with E-state index < -0.39 is 8.32 Å². The van der Waals surface area contributed by atoms with E-state index in [1.54, 1.807) is 0 Å². The van der Waals surface area contributed by atoms with Crippen LogP contribution in [0.2, 0.25) is 18.1 Å². The summed E-state index contributed by atoms with van der Waals surface area (Å²) >= 11 is 3.94. The van der Waals surface area contributed by atoms with Gasteiger partial charge < -0.3 is 4.43 Å². The molecule has 0 heterocycles. The molecular weight excluding hydrogens is 272 g/mol. The maximum atomic E-state index is 11.6. The number of carbonyl (C=O) groups excluding carboxylic acids is 1. The molecule has 0 atom stereocenters. The van der Waals surface area contributed by atoms with E-state index in [0.29, 0.717) is 5.56 Å². The molecule has 0 fully saturated rings. The molecule has 0 bridgehead atoms. The van der Waals surface area contributed by atoms with Crippen LogP contribution in [0.5, 0.6) is 5.75 Å². The highest BCUT2D eigenvalue weighted by Crippen LogP contribution is 2.38. The quantitative estimate of drug-likeness (QED) is 0.643. The van der Waals surface area contributed by atoms with Gasteiger partial charge in [-0.1, -0.05) is 33.8 Å². The van der Waals surface area contributed by atoms with Gasteiger partial charge in [-0.2, -0.15) is 0 Å². The number of thiol groups is 1. The predicted molar refractivity (Wildman–Crippen MR) is 87.0 cm³/mol. The Hall–Kier alpha value is -0.743. The second-order valence-corrected chi connectivity index (χ2v) is 11.4. The molecule has 1 rings (SSSR count). The van der Waals surface area contributed by atoms with Crippen molar-refractivity contribution < 1.29 is 9.22 Å². The van der Waals surface area contributed by atoms with Crippen LogP contribution < -0.4 is 4.43 Å². The van der Waals surface area contributed by atoms with Crippen molar-refractivity contribution in [2.24, 2.45) is 0 Å². The summed E-state index contributed by atoms with van der Waals surface area (Å²) < 4.78 is 6.33. The lowest BCUT2D eigenvalue weighted by Gasteiger charge is -2.37. The minimum Gasteiger partial charge on any atom is -0.543 e. The molecule has 2 nitrogen and oxygen atoms in total. The molecule has 0 aliphatic heterocycles. The Kier molecular flexibility index (Phi) is 4.90. The van der Waals surface area contributed by atoms with Gasteiger partial charge >= 0.3 is 0 Å². The van der Waals surface area contributed by atoms with E-state index in [0.717, 1.165) is 17.7 Å². The summed E-state index contributed by atoms with van der Waals surface area (Å²) in [6, 6.07) is 5.64. The molecule has 106 valence electrons. The Bertz CT molecular complexity index is 476. The maximum absolute atomic E-state index is 11.6. The summed E-state index contributed by atoms with van der Waals surface area (Å²) in [6.45, 7) is 13.1. The van der Waals surface area contributed by atoms with E-state index in [4.69, 9.17) is 4.43 Å². The van der Waals surface area contributed by atoms with Gasteiger partial charge in [-0.3, -0.25) is 4.79 Å². The first kappa shape index (κ1) is 16.3. The molecule has 0 saturated carbocycles. The van der Waals surface area contributed by atoms with Crippen molar-refractivity contribution in [1.82, 2.24) is 0 Å². The lowest BCUT2D eigenvalue weighted by Crippen LogP contribution is -2.44. The fraction of sp³-hybridized carbons (Fsp3) is 0.533. The highest BCUT2D eigenvalue weighted by Gasteiger charge is 2.39. The molecule has 4 heteroatoms. The summed E-state index contributed by atoms with van der Waals surface area (Å²) in [6.07, 6.45) is 0.770. The third-order valence-corrected chi connectivity index (χ3v) is 8.47. The maximum Gasteiger partial charge on any atom is 0.250 e. The van der Waals surface area contributed by atoms with Crippen LogP contribution >= 0.6 is 12.6 Å². The number of hydrogen-bond acceptors (Lipinski definition) is 2. The van der Waals surface area contributed by atoms with Crippen molar-refractivity contribution in [3.05, 3.63) is 29.3 Å². The third kappa shape index (κ3) is 3.63. The van der Waals surface area contributed by atoms with Gasteiger partial charge in [0.15, 0.2) is 0 Å². The van der Waals surface area contributed by atoms with Gasteiger partial charge in [0, 0.05) is 11.1 Å². The highest BCUT2D eigenvalue weighted by atomic mass is 32.1. The van der Waals surface area contributed by atoms with Crippen molar-refractivity contribution in [1.29, 1.82) is 0 Å². The van der Waals surface area contributed by atoms with Crippen LogP contribution in [0.15, 0.2) is 18.2 Å². The standard InChI is InChI=1S/C15H24O2SSi/c1-7-11-12(14(16)18)9-8-10-13(11)17-19(5,6)15(2,3)4/h8-10H,7H2,1-6H3,(H,16,18). The van der Waals surface area contributed by atoms with Gasteiger partial charge in [0.1, 0.15) is 5.75 Å². The number of carbonyl (C=O) groups is 1. The summed E-state index contributed by atoms with van der Waals surface area (Å²) in [7, 11) is -1.89. The molecule has 0 aromatic heterocycles. The molecule has 1 aromatic carbocycles. The lowest BCUT2D eigenvalue weighted by atomic mass is 10.1. The molecule has 0 radical (unpaired) electrons. The van der Waals surface area contributed by atoms with Crippen LogP contribution in [0.1, 0.15) is 43.6 Å². The predicted octanol–water partition coefficient (Wildman–Crippen LogP) is 4.70. The second kappa shape index (κ2) is 5.71. The fourth-order valence-electron chi connectivity index (χ4n) is 1.65. The first-order valence-electron chi connectivity index (χ1n) is 6.64. The summed E-state index contributed by atoms with van der Waals surface area (Å²) in [5.41, 5.74) is 1.62. The summed E-state index contributed by atoms with van der Waals surface area (Å²) in [5.74, 6) is 0.842. The van der Waals surface area contributed by atoms with Crippen molar-refractivity contribution in [3.8, 4) is 5.75 Å². The summed E-state index contributed by atoms with van der Waals surface area (Å²) in [4.78, 5) is 11.6. The van der Waals surface area contributed by atoms with Gasteiger partial charge in [-0.25, -0.2) is 0 Å². The average molecular weight is 297 g/mol. The topological polar surface area (TPSA) is 26.3 Å². The van der Waals surface area contributed by atoms with Crippen LogP contribution in [0.3, 0.4) is 0 Å². The fourth-order valence-corrected chi connectivity index (χ4v) is 2.91. The minimum atomic E-state index is -1.89. The minimum absolute atomic E-state index is 0.138. The van der Waals surface area contributed by atoms with Gasteiger partial charge in [0.25, 0.3) is 0 Å². The molecule has 1 aromatic rings. The number of benzene rings is 1. The largest absolute Gasteiger partial charge is 0.543 e. The SMILES string of the molecule is CCc1c(O[Si](C)(C)C(C)(C)C)cccc1C(=O)S. The third-order valence-electron chi connectivity index (χ3n) is 3.89. The Labute approximate surface area is 123 Å². The summed E-state index contributed by atoms with van der Waals surface area (Å²) in [5, 5.41) is -0.0588. The van der Waals surface area contributed by atoms with Crippen molar-refractivity contribution in [2.75, 3.05) is 0 Å². The molecular formula is C15H24O2SSi. The van der Waals surface area contributed by atoms with Crippen molar-refractivity contribution in [3.63, 3.8) is 0 Å². The van der Waals surface area contributed by atoms with Crippen molar-refractivity contribution >= 4 is 26.1 Å². The highest BCUT2D eigenvalue weighted by molar-refractivity contribution is 7.97. The second-order valence-electron chi connectivity index (χ2n) is 6.30. The monoisotopic (exact) mass is 296 g/mol. The van der Waals surface area contributed by atoms with Crippen LogP contribution in [-0.2, 0) is 6.42 Å². The van der Waals surface area contributed by atoms with Crippen molar-refractivity contribution in [2.45, 2.75) is 52.2 Å². The number of rotatable bonds is 4. The van der Waals surface area contributed by atoms with Gasteiger partial charge in [-0.15, -0.1) is 12.6 Å². The van der Waals surface area contributed by atoms with Gasteiger partial charge in [-0.05, 0) is 36.7 Å². The molecule has 0 N–H and O–H groups in total. The zero-order valence-electron chi connectivity index (χ0n) is 12.7. The van der Waals surface area contributed by atoms with Gasteiger partial charge in [0.2, 0.25) is 13.4 Å². The molecule has 0 aliphatic rings. The Balaban J connectivity index is 3.22. The smallest absolute Gasteiger partial charge is 0.250 e. The Morgan fingerprint density at radius 1 is 1.32 bits per heavy atom. The van der Waals surface area contributed by atoms with Crippen LogP contribution in [0, 0.1) is 0 Å². The normalized spacial score (nSPS) is 12.4. The van der Waals surface area contributed by atoms with E-state index in [-0.39, 0.29) is 10.2 Å². The van der Waals surface area contributed by atoms with E-state index in [1.807, 2.05) is 25.1 Å². The van der Waals surface area contributed by atoms with Crippen LogP contribution in [-0.4, -0.2) is 13.4 Å². The van der Waals surface area contributed by atoms with Crippen LogP contribution in [0.4, 0.5) is 0 Å². The average Bonchev–Trinajstić information content (AvgIpc) is 2.26. The van der Waals surface area contributed by atoms with E-state index in [9.17, 15) is 4.79 Å². The molecule has 0 amide bonds. The zero-order valence-corrected chi connectivity index (χ0v) is 14.6. The van der Waals surface area contributed by atoms with Gasteiger partial charge in [0.05, 0.1) is 0 Å². The van der Waals surface area contributed by atoms with E-state index >= 15 is 0 Å². The Morgan fingerprint density at radius 2 is 1.89 bits per heavy atom. The van der Waals surface area contributed by atoms with E-state index in [1.165, 1.54) is 0 Å². The zero-order chi connectivity index (χ0) is 14.8. The lowest BCUT2D eigenvalue weighted by molar-refractivity contribution is 0.109. The molecule has 19 heavy (non-hydrogen) atoms.